The fraction of sp³-hybridized carbons (Fsp3) is 0.333. The summed E-state index contributed by atoms with van der Waals surface area (Å²) >= 11 is 0. The number of ether oxygens (including phenoxy) is 2. The highest BCUT2D eigenvalue weighted by molar-refractivity contribution is 6.04. The summed E-state index contributed by atoms with van der Waals surface area (Å²) in [5.41, 5.74) is 2.10. The summed E-state index contributed by atoms with van der Waals surface area (Å²) < 4.78 is 11.3. The third kappa shape index (κ3) is 4.29. The summed E-state index contributed by atoms with van der Waals surface area (Å²) in [7, 11) is 0. The molecule has 0 unspecified atom stereocenters. The van der Waals surface area contributed by atoms with Crippen molar-refractivity contribution >= 4 is 11.6 Å². The van der Waals surface area contributed by atoms with Crippen molar-refractivity contribution < 1.29 is 14.3 Å². The van der Waals surface area contributed by atoms with E-state index in [1.807, 2.05) is 37.3 Å². The van der Waals surface area contributed by atoms with Crippen LogP contribution >= 0.6 is 0 Å². The molecule has 0 spiro atoms. The van der Waals surface area contributed by atoms with Gasteiger partial charge in [0, 0.05) is 30.3 Å². The zero-order valence-corrected chi connectivity index (χ0v) is 13.1. The minimum Gasteiger partial charge on any atom is -0.491 e. The van der Waals surface area contributed by atoms with Crippen LogP contribution in [0.1, 0.15) is 28.9 Å². The van der Waals surface area contributed by atoms with E-state index in [-0.39, 0.29) is 12.0 Å². The van der Waals surface area contributed by atoms with Crippen LogP contribution in [0.2, 0.25) is 0 Å². The summed E-state index contributed by atoms with van der Waals surface area (Å²) in [5.74, 6) is 0.536. The molecule has 2 heterocycles. The maximum atomic E-state index is 12.2. The molecule has 0 radical (unpaired) electrons. The van der Waals surface area contributed by atoms with Crippen LogP contribution in [0.25, 0.3) is 0 Å². The Bertz CT molecular complexity index is 664. The first-order valence-electron chi connectivity index (χ1n) is 7.79. The lowest BCUT2D eigenvalue weighted by atomic mass is 10.2. The highest BCUT2D eigenvalue weighted by atomic mass is 16.5. The van der Waals surface area contributed by atoms with E-state index in [1.54, 1.807) is 12.3 Å². The molecule has 1 saturated heterocycles. The first-order chi connectivity index (χ1) is 11.2. The van der Waals surface area contributed by atoms with E-state index < -0.39 is 0 Å². The molecule has 0 aliphatic carbocycles. The van der Waals surface area contributed by atoms with Gasteiger partial charge in [-0.2, -0.15) is 0 Å². The zero-order valence-electron chi connectivity index (χ0n) is 13.1. The molecule has 120 valence electrons. The number of nitrogens with zero attached hydrogens (tertiary/aromatic N) is 1. The second-order valence-corrected chi connectivity index (χ2v) is 5.62. The van der Waals surface area contributed by atoms with Crippen LogP contribution in [0.15, 0.2) is 42.6 Å². The Hall–Kier alpha value is -2.40. The Morgan fingerprint density at radius 1 is 1.39 bits per heavy atom. The Balaban J connectivity index is 1.60. The lowest BCUT2D eigenvalue weighted by molar-refractivity contribution is 0.0680. The average molecular weight is 312 g/mol. The fourth-order valence-electron chi connectivity index (χ4n) is 2.43. The third-order valence-corrected chi connectivity index (χ3v) is 3.73. The SMILES string of the molecule is Cc1ccc(C(=O)Nc2cccc(OC[C@H]3CCCO3)c2)cn1. The molecule has 5 nitrogen and oxygen atoms in total. The number of amides is 1. The van der Waals surface area contributed by atoms with Gasteiger partial charge in [0.1, 0.15) is 12.4 Å². The molecule has 0 bridgehead atoms. The molecule has 1 fully saturated rings. The highest BCUT2D eigenvalue weighted by Gasteiger charge is 2.16. The quantitative estimate of drug-likeness (QED) is 0.921. The van der Waals surface area contributed by atoms with E-state index in [2.05, 4.69) is 10.3 Å². The molecule has 1 aromatic carbocycles. The van der Waals surface area contributed by atoms with E-state index in [9.17, 15) is 4.79 Å². The number of aromatic nitrogens is 1. The van der Waals surface area contributed by atoms with Gasteiger partial charge < -0.3 is 14.8 Å². The van der Waals surface area contributed by atoms with Crippen LogP contribution in [0.5, 0.6) is 5.75 Å². The Morgan fingerprint density at radius 2 is 2.30 bits per heavy atom. The number of hydrogen-bond donors (Lipinski definition) is 1. The van der Waals surface area contributed by atoms with Crippen molar-refractivity contribution in [1.29, 1.82) is 0 Å². The first kappa shape index (κ1) is 15.5. The molecule has 1 N–H and O–H groups in total. The molecule has 1 aliphatic rings. The Morgan fingerprint density at radius 3 is 3.04 bits per heavy atom. The predicted octanol–water partition coefficient (Wildman–Crippen LogP) is 3.20. The summed E-state index contributed by atoms with van der Waals surface area (Å²) in [6.45, 7) is 3.24. The van der Waals surface area contributed by atoms with E-state index in [1.165, 1.54) is 0 Å². The van der Waals surface area contributed by atoms with Crippen molar-refractivity contribution in [2.45, 2.75) is 25.9 Å². The van der Waals surface area contributed by atoms with Gasteiger partial charge in [-0.3, -0.25) is 9.78 Å². The molecule has 0 saturated carbocycles. The number of pyridine rings is 1. The maximum absolute atomic E-state index is 12.2. The monoisotopic (exact) mass is 312 g/mol. The van der Waals surface area contributed by atoms with Crippen molar-refractivity contribution in [2.75, 3.05) is 18.5 Å². The van der Waals surface area contributed by atoms with Gasteiger partial charge in [-0.05, 0) is 44.0 Å². The number of nitrogens with one attached hydrogen (secondary N) is 1. The van der Waals surface area contributed by atoms with Crippen LogP contribution in [-0.4, -0.2) is 30.2 Å². The summed E-state index contributed by atoms with van der Waals surface area (Å²) in [6.07, 6.45) is 3.88. The van der Waals surface area contributed by atoms with Crippen LogP contribution in [0, 0.1) is 6.92 Å². The largest absolute Gasteiger partial charge is 0.491 e. The van der Waals surface area contributed by atoms with Gasteiger partial charge >= 0.3 is 0 Å². The number of benzene rings is 1. The van der Waals surface area contributed by atoms with Crippen molar-refractivity contribution in [3.63, 3.8) is 0 Å². The Labute approximate surface area is 135 Å². The summed E-state index contributed by atoms with van der Waals surface area (Å²) in [6, 6.07) is 10.9. The number of carbonyl (C=O) groups is 1. The number of hydrogen-bond acceptors (Lipinski definition) is 4. The van der Waals surface area contributed by atoms with Gasteiger partial charge in [-0.1, -0.05) is 6.07 Å². The number of rotatable bonds is 5. The van der Waals surface area contributed by atoms with Crippen LogP contribution in [0.4, 0.5) is 5.69 Å². The molecule has 1 atom stereocenters. The molecule has 2 aromatic rings. The highest BCUT2D eigenvalue weighted by Crippen LogP contribution is 2.20. The second-order valence-electron chi connectivity index (χ2n) is 5.62. The molecule has 3 rings (SSSR count). The van der Waals surface area contributed by atoms with Crippen molar-refractivity contribution in [3.8, 4) is 5.75 Å². The molecular weight excluding hydrogens is 292 g/mol. The lowest BCUT2D eigenvalue weighted by Crippen LogP contribution is -2.16. The van der Waals surface area contributed by atoms with Gasteiger partial charge in [0.05, 0.1) is 11.7 Å². The number of anilines is 1. The van der Waals surface area contributed by atoms with Gasteiger partial charge in [0.2, 0.25) is 0 Å². The molecule has 23 heavy (non-hydrogen) atoms. The van der Waals surface area contributed by atoms with Crippen LogP contribution in [0.3, 0.4) is 0 Å². The van der Waals surface area contributed by atoms with Crippen molar-refractivity contribution in [3.05, 3.63) is 53.9 Å². The van der Waals surface area contributed by atoms with Crippen molar-refractivity contribution in [1.82, 2.24) is 4.98 Å². The van der Waals surface area contributed by atoms with E-state index in [0.717, 1.165) is 30.9 Å². The van der Waals surface area contributed by atoms with E-state index in [4.69, 9.17) is 9.47 Å². The molecule has 5 heteroatoms. The predicted molar refractivity (Wildman–Crippen MR) is 87.8 cm³/mol. The fourth-order valence-corrected chi connectivity index (χ4v) is 2.43. The topological polar surface area (TPSA) is 60.5 Å². The summed E-state index contributed by atoms with van der Waals surface area (Å²) in [4.78, 5) is 16.3. The van der Waals surface area contributed by atoms with Gasteiger partial charge in [-0.15, -0.1) is 0 Å². The first-order valence-corrected chi connectivity index (χ1v) is 7.79. The van der Waals surface area contributed by atoms with E-state index in [0.29, 0.717) is 17.9 Å². The van der Waals surface area contributed by atoms with Gasteiger partial charge in [-0.25, -0.2) is 0 Å². The van der Waals surface area contributed by atoms with Gasteiger partial charge in [0.15, 0.2) is 0 Å². The maximum Gasteiger partial charge on any atom is 0.257 e. The minimum atomic E-state index is -0.186. The van der Waals surface area contributed by atoms with E-state index >= 15 is 0 Å². The van der Waals surface area contributed by atoms with Crippen LogP contribution in [-0.2, 0) is 4.74 Å². The third-order valence-electron chi connectivity index (χ3n) is 3.73. The summed E-state index contributed by atoms with van der Waals surface area (Å²) in [5, 5.41) is 2.86. The number of aryl methyl sites for hydroxylation is 1. The minimum absolute atomic E-state index is 0.173. The zero-order chi connectivity index (χ0) is 16.1. The van der Waals surface area contributed by atoms with Gasteiger partial charge in [0.25, 0.3) is 5.91 Å². The average Bonchev–Trinajstić information content (AvgIpc) is 3.07. The second kappa shape index (κ2) is 7.24. The molecule has 1 aromatic heterocycles. The number of carbonyl (C=O) groups excluding carboxylic acids is 1. The smallest absolute Gasteiger partial charge is 0.257 e. The van der Waals surface area contributed by atoms with Crippen LogP contribution < -0.4 is 10.1 Å². The molecular formula is C18H20N2O3. The Kier molecular flexibility index (Phi) is 4.88. The normalized spacial score (nSPS) is 17.0. The lowest BCUT2D eigenvalue weighted by Gasteiger charge is -2.12. The standard InChI is InChI=1S/C18H20N2O3/c1-13-7-8-14(11-19-13)18(21)20-15-4-2-5-16(10-15)23-12-17-6-3-9-22-17/h2,4-5,7-8,10-11,17H,3,6,9,12H2,1H3,(H,20,21)/t17-/m1/s1. The molecule has 1 amide bonds. The molecule has 1 aliphatic heterocycles. The van der Waals surface area contributed by atoms with Crippen molar-refractivity contribution in [2.24, 2.45) is 0 Å².